The van der Waals surface area contributed by atoms with E-state index in [1.165, 1.54) is 0 Å². The van der Waals surface area contributed by atoms with Crippen LogP contribution in [0.25, 0.3) is 0 Å². The predicted molar refractivity (Wildman–Crippen MR) is 84.4 cm³/mol. The van der Waals surface area contributed by atoms with Crippen molar-refractivity contribution >= 4 is 35.6 Å². The second-order valence-electron chi connectivity index (χ2n) is 4.16. The summed E-state index contributed by atoms with van der Waals surface area (Å²) in [4.78, 5) is 2.10. The van der Waals surface area contributed by atoms with Crippen molar-refractivity contribution in [1.29, 1.82) is 0 Å². The number of alkyl halides is 2. The molecule has 0 heterocycles. The van der Waals surface area contributed by atoms with Crippen molar-refractivity contribution in [3.63, 3.8) is 0 Å². The average molecular weight is 375 g/mol. The van der Waals surface area contributed by atoms with E-state index in [4.69, 9.17) is 53.8 Å². The molecule has 0 aliphatic rings. The zero-order valence-electron chi connectivity index (χ0n) is 11.8. The van der Waals surface area contributed by atoms with Gasteiger partial charge in [-0.25, -0.2) is 0 Å². The topological polar surface area (TPSA) is 125 Å². The van der Waals surface area contributed by atoms with Gasteiger partial charge in [-0.3, -0.25) is 0 Å². The molecule has 0 amide bonds. The molecule has 0 aromatic carbocycles. The third-order valence-electron chi connectivity index (χ3n) is 2.44. The molecule has 0 aromatic heterocycles. The van der Waals surface area contributed by atoms with Gasteiger partial charge in [0.25, 0.3) is 0 Å². The minimum atomic E-state index is -1.67. The Bertz CT molecular complexity index is 198. The van der Waals surface area contributed by atoms with Gasteiger partial charge in [0.2, 0.25) is 0 Å². The molecule has 0 saturated carbocycles. The molecular formula is C11H26Cl3NO6. The molecule has 0 radical (unpaired) electrons. The molecule has 0 aromatic rings. The minimum Gasteiger partial charge on any atom is -0.394 e. The number of rotatable bonds is 9. The highest BCUT2D eigenvalue weighted by Crippen LogP contribution is 2.04. The third-order valence-corrected chi connectivity index (χ3v) is 2.78. The Kier molecular flexibility index (Phi) is 21.4. The van der Waals surface area contributed by atoms with Gasteiger partial charge in [-0.05, 0) is 7.05 Å². The van der Waals surface area contributed by atoms with Gasteiger partial charge in [0.05, 0.1) is 13.2 Å². The summed E-state index contributed by atoms with van der Waals surface area (Å²) in [5, 5.41) is 52.2. The second kappa shape index (κ2) is 17.0. The molecule has 132 valence electrons. The number of aliphatic hydroxyl groups excluding tert-OH is 6. The van der Waals surface area contributed by atoms with Crippen molar-refractivity contribution in [2.45, 2.75) is 24.4 Å². The van der Waals surface area contributed by atoms with E-state index in [1.54, 1.807) is 0 Å². The molecule has 0 saturated heterocycles. The number of hydrogen-bond acceptors (Lipinski definition) is 7. The van der Waals surface area contributed by atoms with Gasteiger partial charge in [0.1, 0.15) is 24.4 Å². The van der Waals surface area contributed by atoms with Crippen LogP contribution in [-0.4, -0.2) is 105 Å². The molecule has 4 atom stereocenters. The molecule has 0 aliphatic carbocycles. The Morgan fingerprint density at radius 3 is 1.29 bits per heavy atom. The molecule has 0 unspecified atom stereocenters. The number of nitrogens with zero attached hydrogens (tertiary/aromatic N) is 1. The summed E-state index contributed by atoms with van der Waals surface area (Å²) < 4.78 is 0. The molecule has 0 bridgehead atoms. The SMILES string of the molecule is CN(CCCl)CCCl.Cl.OC[C@@H](O)[C@@H](O)[C@H](O)[C@H](O)CO. The van der Waals surface area contributed by atoms with Gasteiger partial charge >= 0.3 is 0 Å². The predicted octanol–water partition coefficient (Wildman–Crippen LogP) is -1.77. The highest BCUT2D eigenvalue weighted by Gasteiger charge is 2.29. The van der Waals surface area contributed by atoms with Crippen molar-refractivity contribution in [1.82, 2.24) is 4.90 Å². The van der Waals surface area contributed by atoms with Crippen LogP contribution in [0.4, 0.5) is 0 Å². The molecular weight excluding hydrogens is 348 g/mol. The first-order valence-electron chi connectivity index (χ1n) is 6.10. The zero-order valence-corrected chi connectivity index (χ0v) is 14.2. The zero-order chi connectivity index (χ0) is 16.1. The maximum absolute atomic E-state index is 8.96. The Hall–Kier alpha value is 0.590. The summed E-state index contributed by atoms with van der Waals surface area (Å²) >= 11 is 10.9. The summed E-state index contributed by atoms with van der Waals surface area (Å²) in [6, 6.07) is 0. The lowest BCUT2D eigenvalue weighted by molar-refractivity contribution is -0.123. The van der Waals surface area contributed by atoms with E-state index in [0.29, 0.717) is 11.8 Å². The van der Waals surface area contributed by atoms with Crippen LogP contribution in [-0.2, 0) is 0 Å². The fourth-order valence-electron chi connectivity index (χ4n) is 1.07. The Balaban J connectivity index is -0.000000317. The van der Waals surface area contributed by atoms with Gasteiger partial charge in [-0.2, -0.15) is 0 Å². The first-order chi connectivity index (χ1) is 9.35. The third kappa shape index (κ3) is 13.9. The highest BCUT2D eigenvalue weighted by atomic mass is 35.5. The van der Waals surface area contributed by atoms with Crippen LogP contribution in [0.15, 0.2) is 0 Å². The first kappa shape index (κ1) is 26.5. The first-order valence-corrected chi connectivity index (χ1v) is 7.16. The van der Waals surface area contributed by atoms with E-state index in [1.807, 2.05) is 7.05 Å². The van der Waals surface area contributed by atoms with E-state index in [0.717, 1.165) is 13.1 Å². The van der Waals surface area contributed by atoms with E-state index >= 15 is 0 Å². The summed E-state index contributed by atoms with van der Waals surface area (Å²) in [5.74, 6) is 1.38. The van der Waals surface area contributed by atoms with E-state index in [2.05, 4.69) is 4.90 Å². The van der Waals surface area contributed by atoms with E-state index in [9.17, 15) is 0 Å². The lowest BCUT2D eigenvalue weighted by atomic mass is 10.0. The lowest BCUT2D eigenvalue weighted by Crippen LogP contribution is -2.46. The van der Waals surface area contributed by atoms with Crippen LogP contribution in [0.3, 0.4) is 0 Å². The van der Waals surface area contributed by atoms with Crippen LogP contribution >= 0.6 is 35.6 Å². The van der Waals surface area contributed by atoms with Gasteiger partial charge in [0.15, 0.2) is 0 Å². The monoisotopic (exact) mass is 373 g/mol. The minimum absolute atomic E-state index is 0. The maximum Gasteiger partial charge on any atom is 0.111 e. The molecule has 0 fully saturated rings. The molecule has 0 aliphatic heterocycles. The van der Waals surface area contributed by atoms with Crippen molar-refractivity contribution in [3.8, 4) is 0 Å². The Labute approximate surface area is 141 Å². The fourth-order valence-corrected chi connectivity index (χ4v) is 1.65. The molecule has 21 heavy (non-hydrogen) atoms. The molecule has 0 rings (SSSR count). The van der Waals surface area contributed by atoms with Crippen molar-refractivity contribution in [2.24, 2.45) is 0 Å². The van der Waals surface area contributed by atoms with Crippen LogP contribution in [0.1, 0.15) is 0 Å². The van der Waals surface area contributed by atoms with Gasteiger partial charge in [0, 0.05) is 24.8 Å². The molecule has 7 nitrogen and oxygen atoms in total. The molecule has 10 heteroatoms. The average Bonchev–Trinajstić information content (AvgIpc) is 2.45. The number of aliphatic hydroxyl groups is 6. The van der Waals surface area contributed by atoms with Crippen LogP contribution in [0.2, 0.25) is 0 Å². The standard InChI is InChI=1S/C6H14O6.C5H11Cl2N.ClH/c7-1-3(9)5(11)6(12)4(10)2-8;1-8(4-2-6)5-3-7;/h3-12H,1-2H2;2-5H2,1H3;1H/t3-,4-,5-,6-;;/m1../s1. The quantitative estimate of drug-likeness (QED) is 0.264. The van der Waals surface area contributed by atoms with Crippen molar-refractivity contribution in [2.75, 3.05) is 45.1 Å². The summed E-state index contributed by atoms with van der Waals surface area (Å²) in [5.41, 5.74) is 0. The van der Waals surface area contributed by atoms with E-state index in [-0.39, 0.29) is 12.4 Å². The van der Waals surface area contributed by atoms with Gasteiger partial charge in [-0.15, -0.1) is 35.6 Å². The highest BCUT2D eigenvalue weighted by molar-refractivity contribution is 6.18. The Morgan fingerprint density at radius 1 is 0.810 bits per heavy atom. The van der Waals surface area contributed by atoms with Crippen molar-refractivity contribution < 1.29 is 30.6 Å². The molecule has 6 N–H and O–H groups in total. The van der Waals surface area contributed by atoms with E-state index < -0.39 is 37.6 Å². The lowest BCUT2D eigenvalue weighted by Gasteiger charge is -2.24. The second-order valence-corrected chi connectivity index (χ2v) is 4.92. The van der Waals surface area contributed by atoms with Crippen LogP contribution in [0.5, 0.6) is 0 Å². The van der Waals surface area contributed by atoms with Crippen LogP contribution in [0, 0.1) is 0 Å². The smallest absolute Gasteiger partial charge is 0.111 e. The normalized spacial score (nSPS) is 16.3. The summed E-state index contributed by atoms with van der Waals surface area (Å²) in [6.45, 7) is 0.398. The van der Waals surface area contributed by atoms with Crippen LogP contribution < -0.4 is 0 Å². The van der Waals surface area contributed by atoms with Crippen molar-refractivity contribution in [3.05, 3.63) is 0 Å². The fraction of sp³-hybridized carbons (Fsp3) is 1.00. The largest absolute Gasteiger partial charge is 0.394 e. The Morgan fingerprint density at radius 2 is 1.10 bits per heavy atom. The summed E-state index contributed by atoms with van der Waals surface area (Å²) in [7, 11) is 2.00. The van der Waals surface area contributed by atoms with Gasteiger partial charge in [-0.1, -0.05) is 0 Å². The molecule has 0 spiro atoms. The number of hydrogen-bond donors (Lipinski definition) is 6. The summed E-state index contributed by atoms with van der Waals surface area (Å²) in [6.07, 6.45) is -6.39. The number of halogens is 3. The van der Waals surface area contributed by atoms with Gasteiger partial charge < -0.3 is 35.5 Å². The maximum atomic E-state index is 8.96.